The van der Waals surface area contributed by atoms with Crippen LogP contribution in [0.15, 0.2) is 24.3 Å². The Kier molecular flexibility index (Phi) is 3.69. The predicted octanol–water partition coefficient (Wildman–Crippen LogP) is 4.20. The van der Waals surface area contributed by atoms with Gasteiger partial charge >= 0.3 is 0 Å². The molecule has 0 bridgehead atoms. The standard InChI is InChI=1S/C14H19Cl/c1-2-11-3-5-12(6-4-11)7-10-14(15)13-8-9-13/h3-6,13-14H,2,7-10H2,1H3. The molecule has 1 fully saturated rings. The second-order valence-corrected chi connectivity index (χ2v) is 5.12. The molecule has 1 saturated carbocycles. The maximum absolute atomic E-state index is 6.29. The van der Waals surface area contributed by atoms with Crippen molar-refractivity contribution >= 4 is 11.6 Å². The van der Waals surface area contributed by atoms with E-state index in [4.69, 9.17) is 11.6 Å². The van der Waals surface area contributed by atoms with Crippen LogP contribution in [0.4, 0.5) is 0 Å². The van der Waals surface area contributed by atoms with Crippen LogP contribution in [0.3, 0.4) is 0 Å². The van der Waals surface area contributed by atoms with E-state index in [1.165, 1.54) is 24.0 Å². The fourth-order valence-corrected chi connectivity index (χ4v) is 2.30. The van der Waals surface area contributed by atoms with Gasteiger partial charge in [-0.3, -0.25) is 0 Å². The smallest absolute Gasteiger partial charge is 0.0367 e. The number of hydrogen-bond donors (Lipinski definition) is 0. The summed E-state index contributed by atoms with van der Waals surface area (Å²) in [5.41, 5.74) is 2.85. The molecule has 0 saturated heterocycles. The largest absolute Gasteiger partial charge is 0.123 e. The molecule has 1 unspecified atom stereocenters. The third-order valence-electron chi connectivity index (χ3n) is 3.27. The lowest BCUT2D eigenvalue weighted by Gasteiger charge is -2.07. The minimum Gasteiger partial charge on any atom is -0.123 e. The van der Waals surface area contributed by atoms with Crippen LogP contribution in [0, 0.1) is 5.92 Å². The van der Waals surface area contributed by atoms with Gasteiger partial charge in [0.2, 0.25) is 0 Å². The van der Waals surface area contributed by atoms with Gasteiger partial charge in [0.1, 0.15) is 0 Å². The van der Waals surface area contributed by atoms with E-state index in [2.05, 4.69) is 31.2 Å². The first-order valence-corrected chi connectivity index (χ1v) is 6.45. The molecule has 0 radical (unpaired) electrons. The van der Waals surface area contributed by atoms with Crippen LogP contribution in [0.2, 0.25) is 0 Å². The molecule has 0 aliphatic heterocycles. The fraction of sp³-hybridized carbons (Fsp3) is 0.571. The second kappa shape index (κ2) is 5.03. The molecule has 0 spiro atoms. The zero-order valence-electron chi connectivity index (χ0n) is 9.38. The summed E-state index contributed by atoms with van der Waals surface area (Å²) in [4.78, 5) is 0. The van der Waals surface area contributed by atoms with Gasteiger partial charge in [0, 0.05) is 5.38 Å². The van der Waals surface area contributed by atoms with Gasteiger partial charge < -0.3 is 0 Å². The average molecular weight is 223 g/mol. The zero-order chi connectivity index (χ0) is 10.7. The number of hydrogen-bond acceptors (Lipinski definition) is 0. The number of rotatable bonds is 5. The number of alkyl halides is 1. The number of aryl methyl sites for hydroxylation is 2. The van der Waals surface area contributed by atoms with E-state index in [1.807, 2.05) is 0 Å². The van der Waals surface area contributed by atoms with Gasteiger partial charge in [-0.1, -0.05) is 31.2 Å². The average Bonchev–Trinajstić information content (AvgIpc) is 3.10. The Hall–Kier alpha value is -0.490. The lowest BCUT2D eigenvalue weighted by Crippen LogP contribution is -2.02. The van der Waals surface area contributed by atoms with Crippen LogP contribution < -0.4 is 0 Å². The highest BCUT2D eigenvalue weighted by atomic mass is 35.5. The third-order valence-corrected chi connectivity index (χ3v) is 3.85. The molecule has 2 rings (SSSR count). The molecule has 1 aromatic carbocycles. The summed E-state index contributed by atoms with van der Waals surface area (Å²) in [7, 11) is 0. The van der Waals surface area contributed by atoms with E-state index in [0.29, 0.717) is 5.38 Å². The minimum atomic E-state index is 0.413. The Labute approximate surface area is 97.6 Å². The van der Waals surface area contributed by atoms with Gasteiger partial charge in [-0.15, -0.1) is 11.6 Å². The van der Waals surface area contributed by atoms with Crippen molar-refractivity contribution in [2.24, 2.45) is 5.92 Å². The van der Waals surface area contributed by atoms with Crippen LogP contribution in [0.25, 0.3) is 0 Å². The summed E-state index contributed by atoms with van der Waals surface area (Å²) in [6.07, 6.45) is 6.10. The van der Waals surface area contributed by atoms with Crippen molar-refractivity contribution in [3.8, 4) is 0 Å². The van der Waals surface area contributed by atoms with Crippen LogP contribution in [0.5, 0.6) is 0 Å². The van der Waals surface area contributed by atoms with Crippen molar-refractivity contribution in [1.29, 1.82) is 0 Å². The monoisotopic (exact) mass is 222 g/mol. The van der Waals surface area contributed by atoms with Gasteiger partial charge in [-0.2, -0.15) is 0 Å². The molecule has 15 heavy (non-hydrogen) atoms. The summed E-state index contributed by atoms with van der Waals surface area (Å²) in [6, 6.07) is 8.95. The molecule has 0 amide bonds. The molecule has 0 heterocycles. The molecular weight excluding hydrogens is 204 g/mol. The van der Waals surface area contributed by atoms with Crippen molar-refractivity contribution in [3.05, 3.63) is 35.4 Å². The molecule has 82 valence electrons. The van der Waals surface area contributed by atoms with Gasteiger partial charge in [-0.25, -0.2) is 0 Å². The van der Waals surface area contributed by atoms with Gasteiger partial charge in [-0.05, 0) is 49.1 Å². The SMILES string of the molecule is CCc1ccc(CCC(Cl)C2CC2)cc1. The maximum Gasteiger partial charge on any atom is 0.0367 e. The summed E-state index contributed by atoms with van der Waals surface area (Å²) in [5.74, 6) is 0.821. The third kappa shape index (κ3) is 3.24. The van der Waals surface area contributed by atoms with Crippen molar-refractivity contribution < 1.29 is 0 Å². The normalized spacial score (nSPS) is 17.7. The highest BCUT2D eigenvalue weighted by Gasteiger charge is 2.28. The van der Waals surface area contributed by atoms with Gasteiger partial charge in [0.15, 0.2) is 0 Å². The molecule has 1 aromatic rings. The molecule has 0 nitrogen and oxygen atoms in total. The lowest BCUT2D eigenvalue weighted by atomic mass is 10.0. The number of benzene rings is 1. The molecule has 1 heteroatoms. The van der Waals surface area contributed by atoms with Crippen LogP contribution in [0.1, 0.15) is 37.3 Å². The Morgan fingerprint density at radius 2 is 1.80 bits per heavy atom. The second-order valence-electron chi connectivity index (χ2n) is 4.56. The maximum atomic E-state index is 6.29. The first kappa shape index (κ1) is 11.0. The fourth-order valence-electron chi connectivity index (χ4n) is 1.94. The molecule has 0 aromatic heterocycles. The van der Waals surface area contributed by atoms with Crippen molar-refractivity contribution in [3.63, 3.8) is 0 Å². The van der Waals surface area contributed by atoms with Gasteiger partial charge in [0.05, 0.1) is 0 Å². The van der Waals surface area contributed by atoms with Crippen LogP contribution >= 0.6 is 11.6 Å². The Morgan fingerprint density at radius 1 is 1.20 bits per heavy atom. The highest BCUT2D eigenvalue weighted by Crippen LogP contribution is 2.37. The summed E-state index contributed by atoms with van der Waals surface area (Å²) < 4.78 is 0. The quantitative estimate of drug-likeness (QED) is 0.656. The predicted molar refractivity (Wildman–Crippen MR) is 66.5 cm³/mol. The van der Waals surface area contributed by atoms with E-state index in [1.54, 1.807) is 0 Å². The number of halogens is 1. The molecule has 0 N–H and O–H groups in total. The van der Waals surface area contributed by atoms with Crippen molar-refractivity contribution in [2.45, 2.75) is 44.4 Å². The molecule has 1 aliphatic carbocycles. The molecule has 1 atom stereocenters. The summed E-state index contributed by atoms with van der Waals surface area (Å²) in [5, 5.41) is 0.413. The summed E-state index contributed by atoms with van der Waals surface area (Å²) in [6.45, 7) is 2.19. The van der Waals surface area contributed by atoms with Crippen LogP contribution in [-0.4, -0.2) is 5.38 Å². The van der Waals surface area contributed by atoms with E-state index < -0.39 is 0 Å². The zero-order valence-corrected chi connectivity index (χ0v) is 10.1. The van der Waals surface area contributed by atoms with E-state index in [9.17, 15) is 0 Å². The Morgan fingerprint density at radius 3 is 2.33 bits per heavy atom. The Bertz CT molecular complexity index is 298. The first-order valence-electron chi connectivity index (χ1n) is 6.01. The first-order chi connectivity index (χ1) is 7.29. The van der Waals surface area contributed by atoms with Crippen molar-refractivity contribution in [2.75, 3.05) is 0 Å². The Balaban J connectivity index is 1.81. The topological polar surface area (TPSA) is 0 Å². The van der Waals surface area contributed by atoms with Crippen LogP contribution in [-0.2, 0) is 12.8 Å². The highest BCUT2D eigenvalue weighted by molar-refractivity contribution is 6.20. The van der Waals surface area contributed by atoms with E-state index in [0.717, 1.165) is 25.2 Å². The molecule has 1 aliphatic rings. The summed E-state index contributed by atoms with van der Waals surface area (Å²) >= 11 is 6.29. The molecular formula is C14H19Cl. The van der Waals surface area contributed by atoms with Gasteiger partial charge in [0.25, 0.3) is 0 Å². The van der Waals surface area contributed by atoms with E-state index in [-0.39, 0.29) is 0 Å². The minimum absolute atomic E-state index is 0.413. The lowest BCUT2D eigenvalue weighted by molar-refractivity contribution is 0.676. The van der Waals surface area contributed by atoms with E-state index >= 15 is 0 Å². The van der Waals surface area contributed by atoms with Crippen molar-refractivity contribution in [1.82, 2.24) is 0 Å².